The van der Waals surface area contributed by atoms with E-state index in [4.69, 9.17) is 9.47 Å². The second kappa shape index (κ2) is 7.99. The Morgan fingerprint density at radius 1 is 0.667 bits per heavy atom. The van der Waals surface area contributed by atoms with Crippen LogP contribution in [0, 0.1) is 5.92 Å². The fraction of sp³-hybridized carbons (Fsp3) is 0.154. The Morgan fingerprint density at radius 3 is 1.60 bits per heavy atom. The highest BCUT2D eigenvalue weighted by Crippen LogP contribution is 2.45. The molecule has 0 spiro atoms. The zero-order valence-corrected chi connectivity index (χ0v) is 17.1. The third-order valence-electron chi connectivity index (χ3n) is 4.97. The van der Waals surface area contributed by atoms with E-state index in [1.54, 1.807) is 26.0 Å². The number of ether oxygens (including phenoxy) is 2. The maximum absolute atomic E-state index is 12.5. The number of esters is 2. The Hall–Kier alpha value is -3.66. The molecule has 0 N–H and O–H groups in total. The van der Waals surface area contributed by atoms with Crippen molar-refractivity contribution in [2.24, 2.45) is 5.92 Å². The normalized spacial score (nSPS) is 11.1. The van der Waals surface area contributed by atoms with Gasteiger partial charge in [-0.1, -0.05) is 74.5 Å². The summed E-state index contributed by atoms with van der Waals surface area (Å²) in [7, 11) is 0. The van der Waals surface area contributed by atoms with Gasteiger partial charge in [0.25, 0.3) is 0 Å². The van der Waals surface area contributed by atoms with Gasteiger partial charge in [0.15, 0.2) is 0 Å². The number of hydrogen-bond acceptors (Lipinski definition) is 4. The first-order chi connectivity index (χ1) is 14.5. The molecule has 0 radical (unpaired) electrons. The van der Waals surface area contributed by atoms with E-state index in [0.29, 0.717) is 11.5 Å². The third kappa shape index (κ3) is 3.64. The van der Waals surface area contributed by atoms with Crippen molar-refractivity contribution in [2.45, 2.75) is 20.8 Å². The minimum absolute atomic E-state index is 0.273. The van der Waals surface area contributed by atoms with Crippen LogP contribution in [0.25, 0.3) is 32.7 Å². The van der Waals surface area contributed by atoms with E-state index < -0.39 is 5.97 Å². The lowest BCUT2D eigenvalue weighted by atomic mass is 9.92. The number of benzene rings is 4. The molecule has 0 atom stereocenters. The molecule has 4 nitrogen and oxygen atoms in total. The topological polar surface area (TPSA) is 52.6 Å². The summed E-state index contributed by atoms with van der Waals surface area (Å²) >= 11 is 0. The van der Waals surface area contributed by atoms with Gasteiger partial charge in [-0.05, 0) is 33.7 Å². The van der Waals surface area contributed by atoms with E-state index in [2.05, 4.69) is 0 Å². The smallest absolute Gasteiger partial charge is 0.313 e. The van der Waals surface area contributed by atoms with Crippen LogP contribution < -0.4 is 9.47 Å². The van der Waals surface area contributed by atoms with Crippen molar-refractivity contribution in [3.05, 3.63) is 72.8 Å². The van der Waals surface area contributed by atoms with Crippen molar-refractivity contribution in [2.75, 3.05) is 0 Å². The van der Waals surface area contributed by atoms with Gasteiger partial charge in [-0.3, -0.25) is 9.59 Å². The van der Waals surface area contributed by atoms with E-state index in [-0.39, 0.29) is 11.9 Å². The Morgan fingerprint density at radius 2 is 1.13 bits per heavy atom. The molecule has 0 unspecified atom stereocenters. The van der Waals surface area contributed by atoms with Gasteiger partial charge in [-0.2, -0.15) is 0 Å². The Kier molecular flexibility index (Phi) is 5.23. The first-order valence-corrected chi connectivity index (χ1v) is 9.89. The summed E-state index contributed by atoms with van der Waals surface area (Å²) in [5.41, 5.74) is 1.46. The lowest BCUT2D eigenvalue weighted by molar-refractivity contribution is -0.137. The second-order valence-corrected chi connectivity index (χ2v) is 7.49. The van der Waals surface area contributed by atoms with Crippen molar-refractivity contribution >= 4 is 33.5 Å². The molecule has 0 saturated heterocycles. The molecule has 0 amide bonds. The standard InChI is InChI=1S/C26H22O4/c1-16(2)26(28)30-23-15-13-19-9-5-7-11-21(19)25(23)24-20-10-6-4-8-18(20)12-14-22(24)29-17(3)27/h4-16H,1-3H3. The molecule has 4 aromatic carbocycles. The predicted octanol–water partition coefficient (Wildman–Crippen LogP) is 6.15. The molecule has 0 aromatic heterocycles. The lowest BCUT2D eigenvalue weighted by Gasteiger charge is -2.18. The number of fused-ring (bicyclic) bond motifs is 2. The molecule has 0 heterocycles. The van der Waals surface area contributed by atoms with Crippen molar-refractivity contribution in [1.29, 1.82) is 0 Å². The van der Waals surface area contributed by atoms with E-state index in [0.717, 1.165) is 32.7 Å². The molecular weight excluding hydrogens is 376 g/mol. The molecule has 0 aliphatic rings. The zero-order valence-electron chi connectivity index (χ0n) is 17.1. The van der Waals surface area contributed by atoms with Crippen LogP contribution in [-0.2, 0) is 9.59 Å². The molecule has 4 aromatic rings. The fourth-order valence-corrected chi connectivity index (χ4v) is 3.57. The van der Waals surface area contributed by atoms with Gasteiger partial charge in [0.2, 0.25) is 0 Å². The number of rotatable bonds is 4. The van der Waals surface area contributed by atoms with Gasteiger partial charge in [0.05, 0.1) is 5.92 Å². The quantitative estimate of drug-likeness (QED) is 0.306. The molecule has 0 fully saturated rings. The maximum atomic E-state index is 12.5. The Balaban J connectivity index is 2.11. The number of hydrogen-bond donors (Lipinski definition) is 0. The van der Waals surface area contributed by atoms with E-state index in [1.807, 2.05) is 60.7 Å². The first-order valence-electron chi connectivity index (χ1n) is 9.89. The summed E-state index contributed by atoms with van der Waals surface area (Å²) in [5, 5.41) is 3.82. The van der Waals surface area contributed by atoms with E-state index in [9.17, 15) is 9.59 Å². The van der Waals surface area contributed by atoms with Crippen LogP contribution in [0.1, 0.15) is 20.8 Å². The summed E-state index contributed by atoms with van der Waals surface area (Å²) in [6, 6.07) is 23.2. The predicted molar refractivity (Wildman–Crippen MR) is 119 cm³/mol. The average molecular weight is 398 g/mol. The minimum Gasteiger partial charge on any atom is -0.426 e. The minimum atomic E-state index is -0.410. The Labute approximate surface area is 175 Å². The molecule has 30 heavy (non-hydrogen) atoms. The average Bonchev–Trinajstić information content (AvgIpc) is 2.73. The van der Waals surface area contributed by atoms with Crippen LogP contribution in [0.5, 0.6) is 11.5 Å². The number of carbonyl (C=O) groups excluding carboxylic acids is 2. The molecule has 0 bridgehead atoms. The van der Waals surface area contributed by atoms with Crippen LogP contribution in [-0.4, -0.2) is 11.9 Å². The highest BCUT2D eigenvalue weighted by Gasteiger charge is 2.21. The van der Waals surface area contributed by atoms with Crippen molar-refractivity contribution in [1.82, 2.24) is 0 Å². The summed E-state index contributed by atoms with van der Waals surface area (Å²) in [4.78, 5) is 24.3. The molecule has 150 valence electrons. The van der Waals surface area contributed by atoms with Crippen LogP contribution in [0.15, 0.2) is 72.8 Å². The van der Waals surface area contributed by atoms with E-state index in [1.165, 1.54) is 6.92 Å². The zero-order chi connectivity index (χ0) is 21.3. The monoisotopic (exact) mass is 398 g/mol. The summed E-state index contributed by atoms with van der Waals surface area (Å²) in [5.74, 6) is -0.130. The molecular formula is C26H22O4. The van der Waals surface area contributed by atoms with Gasteiger partial charge in [-0.25, -0.2) is 0 Å². The van der Waals surface area contributed by atoms with Crippen LogP contribution in [0.2, 0.25) is 0 Å². The molecule has 4 rings (SSSR count). The van der Waals surface area contributed by atoms with Crippen LogP contribution in [0.3, 0.4) is 0 Å². The third-order valence-corrected chi connectivity index (χ3v) is 4.97. The summed E-state index contributed by atoms with van der Waals surface area (Å²) < 4.78 is 11.4. The molecule has 4 heteroatoms. The van der Waals surface area contributed by atoms with Crippen molar-refractivity contribution < 1.29 is 19.1 Å². The van der Waals surface area contributed by atoms with Gasteiger partial charge >= 0.3 is 11.9 Å². The summed E-state index contributed by atoms with van der Waals surface area (Å²) in [6.07, 6.45) is 0. The molecule has 0 aliphatic heterocycles. The Bertz CT molecular complexity index is 1270. The fourth-order valence-electron chi connectivity index (χ4n) is 3.57. The SMILES string of the molecule is CC(=O)Oc1ccc2ccccc2c1-c1c(OC(=O)C(C)C)ccc2ccccc12. The summed E-state index contributed by atoms with van der Waals surface area (Å²) in [6.45, 7) is 4.97. The first kappa shape index (κ1) is 19.6. The van der Waals surface area contributed by atoms with Gasteiger partial charge in [0, 0.05) is 18.1 Å². The molecule has 0 saturated carbocycles. The molecule has 0 aliphatic carbocycles. The van der Waals surface area contributed by atoms with Gasteiger partial charge < -0.3 is 9.47 Å². The largest absolute Gasteiger partial charge is 0.426 e. The van der Waals surface area contributed by atoms with Crippen LogP contribution >= 0.6 is 0 Å². The van der Waals surface area contributed by atoms with Gasteiger partial charge in [0.1, 0.15) is 11.5 Å². The lowest BCUT2D eigenvalue weighted by Crippen LogP contribution is -2.15. The highest BCUT2D eigenvalue weighted by molar-refractivity contribution is 6.10. The number of carbonyl (C=O) groups is 2. The second-order valence-electron chi connectivity index (χ2n) is 7.49. The maximum Gasteiger partial charge on any atom is 0.313 e. The van der Waals surface area contributed by atoms with Crippen molar-refractivity contribution in [3.63, 3.8) is 0 Å². The van der Waals surface area contributed by atoms with Crippen molar-refractivity contribution in [3.8, 4) is 22.6 Å². The highest BCUT2D eigenvalue weighted by atomic mass is 16.5. The van der Waals surface area contributed by atoms with Crippen LogP contribution in [0.4, 0.5) is 0 Å². The van der Waals surface area contributed by atoms with E-state index >= 15 is 0 Å². The van der Waals surface area contributed by atoms with Gasteiger partial charge in [-0.15, -0.1) is 0 Å².